The number of aryl methyl sites for hydroxylation is 1. The van der Waals surface area contributed by atoms with Gasteiger partial charge in [0.15, 0.2) is 0 Å². The second-order valence-corrected chi connectivity index (χ2v) is 6.88. The molecule has 3 heterocycles. The van der Waals surface area contributed by atoms with Crippen LogP contribution in [-0.2, 0) is 35.5 Å². The molecule has 0 fully saturated rings. The maximum atomic E-state index is 12.9. The summed E-state index contributed by atoms with van der Waals surface area (Å²) in [6, 6.07) is 7.69. The highest BCUT2D eigenvalue weighted by atomic mass is 16.2. The first-order chi connectivity index (χ1) is 12.1. The zero-order valence-corrected chi connectivity index (χ0v) is 14.3. The van der Waals surface area contributed by atoms with E-state index in [2.05, 4.69) is 14.9 Å². The standard InChI is InChI=1S/C19H22N4O2/c1-13(24)23-11-15-5-3-2-4-14(15)10-17(23)19(25)21-16-6-7-18-20-8-9-22(18)12-16/h2-5,8-9,16-17H,6-7,10-12H2,1H3,(H,21,25)/t16?,17-/m0/s1. The second-order valence-electron chi connectivity index (χ2n) is 6.88. The van der Waals surface area contributed by atoms with E-state index in [0.717, 1.165) is 36.3 Å². The third kappa shape index (κ3) is 3.04. The van der Waals surface area contributed by atoms with Gasteiger partial charge >= 0.3 is 0 Å². The molecule has 1 unspecified atom stereocenters. The topological polar surface area (TPSA) is 67.2 Å². The van der Waals surface area contributed by atoms with E-state index in [9.17, 15) is 9.59 Å². The Hall–Kier alpha value is -2.63. The maximum absolute atomic E-state index is 12.9. The zero-order chi connectivity index (χ0) is 17.4. The third-order valence-electron chi connectivity index (χ3n) is 5.24. The van der Waals surface area contributed by atoms with Crippen molar-refractivity contribution in [3.05, 3.63) is 53.6 Å². The van der Waals surface area contributed by atoms with E-state index in [1.165, 1.54) is 6.92 Å². The molecule has 4 rings (SSSR count). The number of imidazole rings is 1. The Morgan fingerprint density at radius 3 is 2.84 bits per heavy atom. The number of hydrogen-bond donors (Lipinski definition) is 1. The lowest BCUT2D eigenvalue weighted by atomic mass is 9.93. The summed E-state index contributed by atoms with van der Waals surface area (Å²) in [7, 11) is 0. The van der Waals surface area contributed by atoms with E-state index in [0.29, 0.717) is 13.0 Å². The van der Waals surface area contributed by atoms with Crippen LogP contribution in [0.2, 0.25) is 0 Å². The molecular formula is C19H22N4O2. The molecule has 1 aromatic heterocycles. The van der Waals surface area contributed by atoms with Crippen LogP contribution in [0.1, 0.15) is 30.3 Å². The molecule has 2 atom stereocenters. The van der Waals surface area contributed by atoms with Gasteiger partial charge in [-0.2, -0.15) is 0 Å². The second kappa shape index (κ2) is 6.35. The smallest absolute Gasteiger partial charge is 0.243 e. The lowest BCUT2D eigenvalue weighted by Crippen LogP contribution is -2.54. The van der Waals surface area contributed by atoms with Crippen LogP contribution in [-0.4, -0.2) is 38.3 Å². The number of benzene rings is 1. The van der Waals surface area contributed by atoms with Gasteiger partial charge in [-0.1, -0.05) is 24.3 Å². The highest BCUT2D eigenvalue weighted by Crippen LogP contribution is 2.24. The number of carbonyl (C=O) groups excluding carboxylic acids is 2. The van der Waals surface area contributed by atoms with Crippen molar-refractivity contribution in [2.75, 3.05) is 0 Å². The lowest BCUT2D eigenvalue weighted by molar-refractivity contribution is -0.140. The Labute approximate surface area is 146 Å². The average molecular weight is 338 g/mol. The predicted molar refractivity (Wildman–Crippen MR) is 92.6 cm³/mol. The van der Waals surface area contributed by atoms with Crippen molar-refractivity contribution in [3.63, 3.8) is 0 Å². The monoisotopic (exact) mass is 338 g/mol. The molecule has 2 aliphatic heterocycles. The van der Waals surface area contributed by atoms with Crippen LogP contribution in [0.5, 0.6) is 0 Å². The summed E-state index contributed by atoms with van der Waals surface area (Å²) < 4.78 is 2.09. The molecule has 25 heavy (non-hydrogen) atoms. The van der Waals surface area contributed by atoms with Gasteiger partial charge in [0.2, 0.25) is 11.8 Å². The first-order valence-corrected chi connectivity index (χ1v) is 8.76. The minimum absolute atomic E-state index is 0.0572. The Balaban J connectivity index is 1.50. The molecule has 0 saturated carbocycles. The molecule has 0 spiro atoms. The Kier molecular flexibility index (Phi) is 4.03. The average Bonchev–Trinajstić information content (AvgIpc) is 3.08. The number of nitrogens with zero attached hydrogens (tertiary/aromatic N) is 3. The van der Waals surface area contributed by atoms with Gasteiger partial charge in [0.1, 0.15) is 11.9 Å². The largest absolute Gasteiger partial charge is 0.350 e. The van der Waals surface area contributed by atoms with Crippen LogP contribution in [0.3, 0.4) is 0 Å². The highest BCUT2D eigenvalue weighted by molar-refractivity contribution is 5.88. The molecule has 0 bridgehead atoms. The highest BCUT2D eigenvalue weighted by Gasteiger charge is 2.34. The third-order valence-corrected chi connectivity index (χ3v) is 5.24. The number of carbonyl (C=O) groups is 2. The molecule has 1 aromatic carbocycles. The van der Waals surface area contributed by atoms with Crippen LogP contribution < -0.4 is 5.32 Å². The maximum Gasteiger partial charge on any atom is 0.243 e. The Morgan fingerprint density at radius 1 is 1.24 bits per heavy atom. The van der Waals surface area contributed by atoms with Gasteiger partial charge < -0.3 is 14.8 Å². The van der Waals surface area contributed by atoms with Crippen molar-refractivity contribution in [3.8, 4) is 0 Å². The van der Waals surface area contributed by atoms with Crippen LogP contribution in [0.4, 0.5) is 0 Å². The lowest BCUT2D eigenvalue weighted by Gasteiger charge is -2.36. The van der Waals surface area contributed by atoms with Crippen molar-refractivity contribution in [1.29, 1.82) is 0 Å². The molecule has 6 heteroatoms. The number of rotatable bonds is 2. The summed E-state index contributed by atoms with van der Waals surface area (Å²) in [6.07, 6.45) is 6.07. The van der Waals surface area contributed by atoms with Crippen LogP contribution >= 0.6 is 0 Å². The number of amides is 2. The van der Waals surface area contributed by atoms with E-state index in [4.69, 9.17) is 0 Å². The zero-order valence-electron chi connectivity index (χ0n) is 14.3. The SMILES string of the molecule is CC(=O)N1Cc2ccccc2C[C@H]1C(=O)NC1CCc2nccn2C1. The number of nitrogens with one attached hydrogen (secondary N) is 1. The first kappa shape index (κ1) is 15.9. The Bertz CT molecular complexity index is 813. The molecule has 2 aliphatic rings. The normalized spacial score (nSPS) is 22.0. The fraction of sp³-hybridized carbons (Fsp3) is 0.421. The van der Waals surface area contributed by atoms with Crippen molar-refractivity contribution in [1.82, 2.24) is 19.8 Å². The molecule has 130 valence electrons. The summed E-state index contributed by atoms with van der Waals surface area (Å²) in [5, 5.41) is 3.15. The minimum Gasteiger partial charge on any atom is -0.350 e. The molecule has 1 N–H and O–H groups in total. The van der Waals surface area contributed by atoms with Crippen LogP contribution in [0, 0.1) is 0 Å². The Morgan fingerprint density at radius 2 is 2.04 bits per heavy atom. The fourth-order valence-electron chi connectivity index (χ4n) is 3.87. The van der Waals surface area contributed by atoms with Gasteiger partial charge in [-0.15, -0.1) is 0 Å². The number of hydrogen-bond acceptors (Lipinski definition) is 3. The van der Waals surface area contributed by atoms with Gasteiger partial charge in [0, 0.05) is 51.3 Å². The summed E-state index contributed by atoms with van der Waals surface area (Å²) in [4.78, 5) is 31.0. The molecule has 0 radical (unpaired) electrons. The first-order valence-electron chi connectivity index (χ1n) is 8.76. The molecule has 2 aromatic rings. The number of fused-ring (bicyclic) bond motifs is 2. The van der Waals surface area contributed by atoms with Crippen molar-refractivity contribution >= 4 is 11.8 Å². The quantitative estimate of drug-likeness (QED) is 0.897. The van der Waals surface area contributed by atoms with E-state index in [1.807, 2.05) is 30.5 Å². The molecule has 6 nitrogen and oxygen atoms in total. The van der Waals surface area contributed by atoms with Gasteiger partial charge in [-0.25, -0.2) is 4.98 Å². The van der Waals surface area contributed by atoms with E-state index in [-0.39, 0.29) is 17.9 Å². The fourth-order valence-corrected chi connectivity index (χ4v) is 3.87. The van der Waals surface area contributed by atoms with Crippen molar-refractivity contribution in [2.24, 2.45) is 0 Å². The predicted octanol–water partition coefficient (Wildman–Crippen LogP) is 1.29. The number of aromatic nitrogens is 2. The van der Waals surface area contributed by atoms with Crippen molar-refractivity contribution < 1.29 is 9.59 Å². The molecule has 2 amide bonds. The summed E-state index contributed by atoms with van der Waals surface area (Å²) in [5.74, 6) is 0.955. The molecule has 0 aliphatic carbocycles. The van der Waals surface area contributed by atoms with Gasteiger partial charge in [0.05, 0.1) is 0 Å². The molecular weight excluding hydrogens is 316 g/mol. The summed E-state index contributed by atoms with van der Waals surface area (Å²) >= 11 is 0. The van der Waals surface area contributed by atoms with E-state index >= 15 is 0 Å². The van der Waals surface area contributed by atoms with Gasteiger partial charge in [0.25, 0.3) is 0 Å². The van der Waals surface area contributed by atoms with Gasteiger partial charge in [-0.05, 0) is 17.5 Å². The van der Waals surface area contributed by atoms with E-state index in [1.54, 1.807) is 11.1 Å². The molecule has 0 saturated heterocycles. The summed E-state index contributed by atoms with van der Waals surface area (Å²) in [6.45, 7) is 2.77. The minimum atomic E-state index is -0.434. The van der Waals surface area contributed by atoms with E-state index < -0.39 is 6.04 Å². The van der Waals surface area contributed by atoms with Gasteiger partial charge in [-0.3, -0.25) is 9.59 Å². The van der Waals surface area contributed by atoms with Crippen LogP contribution in [0.25, 0.3) is 0 Å². The summed E-state index contributed by atoms with van der Waals surface area (Å²) in [5.41, 5.74) is 2.28. The van der Waals surface area contributed by atoms with Crippen LogP contribution in [0.15, 0.2) is 36.7 Å². The van der Waals surface area contributed by atoms with Crippen molar-refractivity contribution in [2.45, 2.75) is 51.4 Å².